The normalized spacial score (nSPS) is 17.0. The van der Waals surface area contributed by atoms with Crippen molar-refractivity contribution >= 4 is 17.8 Å². The van der Waals surface area contributed by atoms with Crippen molar-refractivity contribution in [2.45, 2.75) is 13.0 Å². The minimum atomic E-state index is -0.689. The quantitative estimate of drug-likeness (QED) is 0.898. The minimum absolute atomic E-state index is 0.0299. The van der Waals surface area contributed by atoms with Gasteiger partial charge in [0.05, 0.1) is 0 Å². The van der Waals surface area contributed by atoms with E-state index in [-0.39, 0.29) is 12.5 Å². The number of hydrogen-bond acceptors (Lipinski definition) is 4. The second kappa shape index (κ2) is 5.51. The van der Waals surface area contributed by atoms with E-state index in [1.54, 1.807) is 4.57 Å². The van der Waals surface area contributed by atoms with Gasteiger partial charge >= 0.3 is 6.09 Å². The second-order valence-corrected chi connectivity index (χ2v) is 5.07. The van der Waals surface area contributed by atoms with Crippen molar-refractivity contribution in [3.63, 3.8) is 0 Å². The molecule has 1 saturated heterocycles. The summed E-state index contributed by atoms with van der Waals surface area (Å²) in [7, 11) is 1.83. The third-order valence-electron chi connectivity index (χ3n) is 3.60. The number of nitrogens with zero attached hydrogens (tertiary/aromatic N) is 2. The summed E-state index contributed by atoms with van der Waals surface area (Å²) in [6.07, 6.45) is -0.579. The number of nitrogens with one attached hydrogen (secondary N) is 2. The number of imidazole rings is 1. The molecule has 2 aromatic rings. The molecular formula is C15H16N4O3. The van der Waals surface area contributed by atoms with Gasteiger partial charge in [-0.25, -0.2) is 9.78 Å². The number of anilines is 1. The van der Waals surface area contributed by atoms with Gasteiger partial charge in [-0.1, -0.05) is 30.3 Å². The highest BCUT2D eigenvalue weighted by Gasteiger charge is 2.30. The topological polar surface area (TPSA) is 85.2 Å². The van der Waals surface area contributed by atoms with Crippen molar-refractivity contribution in [2.24, 2.45) is 7.05 Å². The Morgan fingerprint density at radius 2 is 2.14 bits per heavy atom. The van der Waals surface area contributed by atoms with Crippen LogP contribution in [0, 0.1) is 6.92 Å². The Morgan fingerprint density at radius 3 is 2.77 bits per heavy atom. The van der Waals surface area contributed by atoms with Crippen molar-refractivity contribution in [1.29, 1.82) is 0 Å². The van der Waals surface area contributed by atoms with Crippen LogP contribution in [-0.2, 0) is 16.6 Å². The van der Waals surface area contributed by atoms with Crippen LogP contribution in [0.2, 0.25) is 0 Å². The molecule has 3 rings (SSSR count). The van der Waals surface area contributed by atoms with E-state index >= 15 is 0 Å². The minimum Gasteiger partial charge on any atom is -0.447 e. The molecule has 22 heavy (non-hydrogen) atoms. The van der Waals surface area contributed by atoms with E-state index in [9.17, 15) is 9.59 Å². The fourth-order valence-corrected chi connectivity index (χ4v) is 2.28. The number of cyclic esters (lactones) is 1. The first-order valence-corrected chi connectivity index (χ1v) is 6.89. The third kappa shape index (κ3) is 2.52. The number of alkyl carbamates (subject to hydrolysis) is 1. The van der Waals surface area contributed by atoms with Crippen LogP contribution in [0.1, 0.15) is 5.82 Å². The molecule has 0 spiro atoms. The first-order chi connectivity index (χ1) is 10.6. The van der Waals surface area contributed by atoms with Gasteiger partial charge in [0, 0.05) is 12.6 Å². The van der Waals surface area contributed by atoms with E-state index in [1.807, 2.05) is 44.3 Å². The zero-order valence-electron chi connectivity index (χ0n) is 12.3. The summed E-state index contributed by atoms with van der Waals surface area (Å²) in [6.45, 7) is 1.89. The molecule has 1 aromatic heterocycles. The molecule has 0 bridgehead atoms. The van der Waals surface area contributed by atoms with Gasteiger partial charge in [-0.05, 0) is 6.92 Å². The summed E-state index contributed by atoms with van der Waals surface area (Å²) in [6, 6.07) is 8.91. The molecule has 0 radical (unpaired) electrons. The van der Waals surface area contributed by atoms with Crippen molar-refractivity contribution < 1.29 is 14.3 Å². The van der Waals surface area contributed by atoms with Gasteiger partial charge in [-0.15, -0.1) is 0 Å². The molecule has 2 heterocycles. The molecule has 1 fully saturated rings. The Kier molecular flexibility index (Phi) is 3.54. The Morgan fingerprint density at radius 1 is 1.41 bits per heavy atom. The second-order valence-electron chi connectivity index (χ2n) is 5.07. The van der Waals surface area contributed by atoms with Crippen LogP contribution in [0.25, 0.3) is 11.3 Å². The molecule has 1 aliphatic heterocycles. The Hall–Kier alpha value is -2.83. The van der Waals surface area contributed by atoms with Gasteiger partial charge in [0.1, 0.15) is 30.0 Å². The number of benzene rings is 1. The molecule has 1 atom stereocenters. The first kappa shape index (κ1) is 14.1. The Bertz CT molecular complexity index is 724. The number of rotatable bonds is 3. The van der Waals surface area contributed by atoms with E-state index in [0.717, 1.165) is 11.4 Å². The van der Waals surface area contributed by atoms with Crippen LogP contribution in [0.5, 0.6) is 0 Å². The van der Waals surface area contributed by atoms with Crippen LogP contribution >= 0.6 is 0 Å². The average Bonchev–Trinajstić information content (AvgIpc) is 3.07. The lowest BCUT2D eigenvalue weighted by atomic mass is 10.1. The molecular weight excluding hydrogens is 284 g/mol. The summed E-state index contributed by atoms with van der Waals surface area (Å²) in [5.41, 5.74) is 1.60. The van der Waals surface area contributed by atoms with E-state index < -0.39 is 12.1 Å². The van der Waals surface area contributed by atoms with E-state index in [1.165, 1.54) is 0 Å². The number of aryl methyl sites for hydroxylation is 1. The third-order valence-corrected chi connectivity index (χ3v) is 3.60. The lowest BCUT2D eigenvalue weighted by molar-refractivity contribution is -0.117. The summed E-state index contributed by atoms with van der Waals surface area (Å²) < 4.78 is 6.54. The molecule has 2 N–H and O–H groups in total. The highest BCUT2D eigenvalue weighted by Crippen LogP contribution is 2.27. The number of carbonyl (C=O) groups excluding carboxylic acids is 2. The number of aromatic nitrogens is 2. The van der Waals surface area contributed by atoms with Crippen LogP contribution in [0.4, 0.5) is 10.6 Å². The zero-order valence-corrected chi connectivity index (χ0v) is 12.3. The molecule has 1 aliphatic rings. The summed E-state index contributed by atoms with van der Waals surface area (Å²) in [5.74, 6) is 1.04. The molecule has 0 aliphatic carbocycles. The zero-order chi connectivity index (χ0) is 15.7. The van der Waals surface area contributed by atoms with Gasteiger partial charge in [0.15, 0.2) is 0 Å². The highest BCUT2D eigenvalue weighted by molar-refractivity contribution is 5.99. The predicted octanol–water partition coefficient (Wildman–Crippen LogP) is 1.44. The lowest BCUT2D eigenvalue weighted by Crippen LogP contribution is -2.39. The standard InChI is InChI=1S/C15H16N4O3/c1-9-16-12(10-6-4-3-5-7-10)13(19(9)2)18-14(20)11-8-22-15(21)17-11/h3-7,11H,8H2,1-2H3,(H,17,21)(H,18,20)/t11-/m0/s1. The Balaban J connectivity index is 1.90. The maximum atomic E-state index is 12.3. The number of carbonyl (C=O) groups is 2. The van der Waals surface area contributed by atoms with Gasteiger partial charge in [-0.2, -0.15) is 0 Å². The van der Waals surface area contributed by atoms with Gasteiger partial charge < -0.3 is 19.9 Å². The van der Waals surface area contributed by atoms with Crippen molar-refractivity contribution in [3.8, 4) is 11.3 Å². The molecule has 114 valence electrons. The van der Waals surface area contributed by atoms with Crippen molar-refractivity contribution in [1.82, 2.24) is 14.9 Å². The monoisotopic (exact) mass is 300 g/mol. The smallest absolute Gasteiger partial charge is 0.407 e. The molecule has 7 nitrogen and oxygen atoms in total. The maximum Gasteiger partial charge on any atom is 0.407 e. The van der Waals surface area contributed by atoms with Crippen LogP contribution in [-0.4, -0.2) is 34.2 Å². The van der Waals surface area contributed by atoms with E-state index in [0.29, 0.717) is 11.5 Å². The van der Waals surface area contributed by atoms with Gasteiger partial charge in [0.2, 0.25) is 0 Å². The molecule has 1 aromatic carbocycles. The van der Waals surface area contributed by atoms with Crippen molar-refractivity contribution in [3.05, 3.63) is 36.2 Å². The summed E-state index contributed by atoms with van der Waals surface area (Å²) in [5, 5.41) is 5.28. The molecule has 2 amide bonds. The van der Waals surface area contributed by atoms with E-state index in [2.05, 4.69) is 15.6 Å². The van der Waals surface area contributed by atoms with Gasteiger partial charge in [0.25, 0.3) is 5.91 Å². The molecule has 0 saturated carbocycles. The molecule has 0 unspecified atom stereocenters. The van der Waals surface area contributed by atoms with Crippen molar-refractivity contribution in [2.75, 3.05) is 11.9 Å². The van der Waals surface area contributed by atoms with Gasteiger partial charge in [-0.3, -0.25) is 4.79 Å². The van der Waals surface area contributed by atoms with E-state index in [4.69, 9.17) is 4.74 Å². The van der Waals surface area contributed by atoms with Crippen LogP contribution in [0.3, 0.4) is 0 Å². The summed E-state index contributed by atoms with van der Waals surface area (Å²) in [4.78, 5) is 27.8. The van der Waals surface area contributed by atoms with Crippen LogP contribution in [0.15, 0.2) is 30.3 Å². The molecule has 7 heteroatoms. The predicted molar refractivity (Wildman–Crippen MR) is 80.3 cm³/mol. The summed E-state index contributed by atoms with van der Waals surface area (Å²) >= 11 is 0. The lowest BCUT2D eigenvalue weighted by Gasteiger charge is -2.11. The maximum absolute atomic E-state index is 12.3. The largest absolute Gasteiger partial charge is 0.447 e. The van der Waals surface area contributed by atoms with Crippen LogP contribution < -0.4 is 10.6 Å². The SMILES string of the molecule is Cc1nc(-c2ccccc2)c(NC(=O)[C@@H]2COC(=O)N2)n1C. The number of amides is 2. The fraction of sp³-hybridized carbons (Fsp3) is 0.267. The highest BCUT2D eigenvalue weighted by atomic mass is 16.6. The fourth-order valence-electron chi connectivity index (χ4n) is 2.28. The first-order valence-electron chi connectivity index (χ1n) is 6.89. The number of hydrogen-bond donors (Lipinski definition) is 2. The Labute approximate surface area is 127 Å². The average molecular weight is 300 g/mol. The number of ether oxygens (including phenoxy) is 1.